The monoisotopic (exact) mass is 370 g/mol. The van der Waals surface area contributed by atoms with Crippen LogP contribution >= 0.6 is 27.5 Å². The first-order valence-corrected chi connectivity index (χ1v) is 7.38. The molecule has 0 aromatic heterocycles. The van der Waals surface area contributed by atoms with E-state index in [2.05, 4.69) is 26.6 Å². The summed E-state index contributed by atoms with van der Waals surface area (Å²) in [5.41, 5.74) is 2.28. The van der Waals surface area contributed by atoms with Gasteiger partial charge in [-0.1, -0.05) is 17.7 Å². The topological polar surface area (TPSA) is 41.1 Å². The van der Waals surface area contributed by atoms with E-state index in [1.807, 2.05) is 25.1 Å². The summed E-state index contributed by atoms with van der Waals surface area (Å²) in [5.74, 6) is -0.752. The minimum atomic E-state index is -0.525. The summed E-state index contributed by atoms with van der Waals surface area (Å²) in [6.07, 6.45) is 0. The number of anilines is 2. The molecule has 2 aromatic carbocycles. The Hall–Kier alpha value is -1.59. The molecule has 2 aromatic rings. The first kappa shape index (κ1) is 15.8. The average Bonchev–Trinajstić information content (AvgIpc) is 2.43. The summed E-state index contributed by atoms with van der Waals surface area (Å²) < 4.78 is 14.1. The molecule has 21 heavy (non-hydrogen) atoms. The zero-order valence-electron chi connectivity index (χ0n) is 11.2. The van der Waals surface area contributed by atoms with Gasteiger partial charge in [0.1, 0.15) is 5.82 Å². The van der Waals surface area contributed by atoms with Crippen molar-refractivity contribution in [3.8, 4) is 0 Å². The largest absolute Gasteiger partial charge is 0.376 e. The third-order valence-electron chi connectivity index (χ3n) is 2.77. The molecule has 0 heterocycles. The van der Waals surface area contributed by atoms with Gasteiger partial charge in [-0.25, -0.2) is 4.39 Å². The molecule has 3 nitrogen and oxygen atoms in total. The highest BCUT2D eigenvalue weighted by atomic mass is 79.9. The van der Waals surface area contributed by atoms with Crippen LogP contribution in [0.25, 0.3) is 0 Å². The first-order valence-electron chi connectivity index (χ1n) is 6.20. The SMILES string of the molecule is Cc1ccc(NC(=O)CNc2ccc(Cl)c(F)c2)c(Br)c1. The van der Waals surface area contributed by atoms with Crippen molar-refractivity contribution in [1.29, 1.82) is 0 Å². The Morgan fingerprint density at radius 1 is 1.29 bits per heavy atom. The summed E-state index contributed by atoms with van der Waals surface area (Å²) >= 11 is 8.98. The number of halogens is 3. The molecular weight excluding hydrogens is 359 g/mol. The van der Waals surface area contributed by atoms with Crippen LogP contribution in [0.1, 0.15) is 5.56 Å². The van der Waals surface area contributed by atoms with Gasteiger partial charge in [0.25, 0.3) is 0 Å². The average molecular weight is 372 g/mol. The molecule has 2 rings (SSSR count). The van der Waals surface area contributed by atoms with Crippen LogP contribution in [0.4, 0.5) is 15.8 Å². The highest BCUT2D eigenvalue weighted by Gasteiger charge is 2.06. The summed E-state index contributed by atoms with van der Waals surface area (Å²) in [6.45, 7) is 1.99. The van der Waals surface area contributed by atoms with Gasteiger partial charge in [-0.3, -0.25) is 4.79 Å². The third-order valence-corrected chi connectivity index (χ3v) is 3.73. The maximum atomic E-state index is 13.3. The molecule has 0 unspecified atom stereocenters. The molecule has 110 valence electrons. The van der Waals surface area contributed by atoms with E-state index in [-0.39, 0.29) is 17.5 Å². The summed E-state index contributed by atoms with van der Waals surface area (Å²) in [4.78, 5) is 11.9. The minimum Gasteiger partial charge on any atom is -0.376 e. The van der Waals surface area contributed by atoms with Gasteiger partial charge in [0.2, 0.25) is 5.91 Å². The standard InChI is InChI=1S/C15H13BrClFN2O/c1-9-2-5-14(11(16)6-9)20-15(21)8-19-10-3-4-12(17)13(18)7-10/h2-7,19H,8H2,1H3,(H,20,21). The van der Waals surface area contributed by atoms with Crippen molar-refractivity contribution in [2.45, 2.75) is 6.92 Å². The van der Waals surface area contributed by atoms with E-state index < -0.39 is 5.82 Å². The van der Waals surface area contributed by atoms with Gasteiger partial charge in [0, 0.05) is 10.2 Å². The number of hydrogen-bond donors (Lipinski definition) is 2. The maximum absolute atomic E-state index is 13.3. The Labute approximate surface area is 135 Å². The third kappa shape index (κ3) is 4.44. The molecule has 0 spiro atoms. The molecule has 0 bridgehead atoms. The van der Waals surface area contributed by atoms with Crippen LogP contribution in [0.15, 0.2) is 40.9 Å². The van der Waals surface area contributed by atoms with E-state index in [0.29, 0.717) is 11.4 Å². The van der Waals surface area contributed by atoms with E-state index in [1.54, 1.807) is 6.07 Å². The molecule has 0 aliphatic carbocycles. The predicted octanol–water partition coefficient (Wildman–Crippen LogP) is 4.60. The van der Waals surface area contributed by atoms with Gasteiger partial charge in [-0.05, 0) is 58.7 Å². The second kappa shape index (κ2) is 6.91. The van der Waals surface area contributed by atoms with Crippen molar-refractivity contribution in [1.82, 2.24) is 0 Å². The lowest BCUT2D eigenvalue weighted by Crippen LogP contribution is -2.22. The number of carbonyl (C=O) groups excluding carboxylic acids is 1. The molecule has 6 heteroatoms. The molecule has 0 radical (unpaired) electrons. The summed E-state index contributed by atoms with van der Waals surface area (Å²) in [6, 6.07) is 9.94. The fourth-order valence-corrected chi connectivity index (χ4v) is 2.41. The first-order chi connectivity index (χ1) is 9.95. The molecule has 0 aliphatic heterocycles. The van der Waals surface area contributed by atoms with Crippen LogP contribution in [0.3, 0.4) is 0 Å². The molecule has 2 N–H and O–H groups in total. The summed E-state index contributed by atoms with van der Waals surface area (Å²) in [5, 5.41) is 5.65. The molecule has 0 saturated heterocycles. The smallest absolute Gasteiger partial charge is 0.243 e. The number of aryl methyl sites for hydroxylation is 1. The molecule has 0 aliphatic rings. The molecular formula is C15H13BrClFN2O. The van der Waals surface area contributed by atoms with Crippen LogP contribution in [0.2, 0.25) is 5.02 Å². The summed E-state index contributed by atoms with van der Waals surface area (Å²) in [7, 11) is 0. The Balaban J connectivity index is 1.94. The number of carbonyl (C=O) groups is 1. The van der Waals surface area contributed by atoms with Crippen molar-refractivity contribution in [3.05, 3.63) is 57.3 Å². The lowest BCUT2D eigenvalue weighted by Gasteiger charge is -2.10. The van der Waals surface area contributed by atoms with Crippen LogP contribution < -0.4 is 10.6 Å². The van der Waals surface area contributed by atoms with Gasteiger partial charge < -0.3 is 10.6 Å². The minimum absolute atomic E-state index is 0.0292. The molecule has 0 atom stereocenters. The highest BCUT2D eigenvalue weighted by Crippen LogP contribution is 2.23. The van der Waals surface area contributed by atoms with Crippen LogP contribution in [0, 0.1) is 12.7 Å². The predicted molar refractivity (Wildman–Crippen MR) is 87.4 cm³/mol. The zero-order chi connectivity index (χ0) is 15.4. The number of rotatable bonds is 4. The molecule has 1 amide bonds. The fourth-order valence-electron chi connectivity index (χ4n) is 1.70. The maximum Gasteiger partial charge on any atom is 0.243 e. The van der Waals surface area contributed by atoms with Gasteiger partial charge in [-0.15, -0.1) is 0 Å². The second-order valence-corrected chi connectivity index (χ2v) is 5.78. The normalized spacial score (nSPS) is 10.3. The Morgan fingerprint density at radius 2 is 2.05 bits per heavy atom. The lowest BCUT2D eigenvalue weighted by atomic mass is 10.2. The molecule has 0 saturated carbocycles. The van der Waals surface area contributed by atoms with Crippen molar-refractivity contribution >= 4 is 44.8 Å². The second-order valence-electron chi connectivity index (χ2n) is 4.51. The van der Waals surface area contributed by atoms with Crippen LogP contribution in [-0.4, -0.2) is 12.5 Å². The number of amides is 1. The Bertz CT molecular complexity index is 679. The number of benzene rings is 2. The van der Waals surface area contributed by atoms with Gasteiger partial charge >= 0.3 is 0 Å². The van der Waals surface area contributed by atoms with E-state index >= 15 is 0 Å². The van der Waals surface area contributed by atoms with E-state index in [0.717, 1.165) is 10.0 Å². The fraction of sp³-hybridized carbons (Fsp3) is 0.133. The van der Waals surface area contributed by atoms with Crippen molar-refractivity contribution in [2.75, 3.05) is 17.2 Å². The Kier molecular flexibility index (Phi) is 5.20. The van der Waals surface area contributed by atoms with Gasteiger partial charge in [-0.2, -0.15) is 0 Å². The van der Waals surface area contributed by atoms with Gasteiger partial charge in [0.15, 0.2) is 0 Å². The van der Waals surface area contributed by atoms with Gasteiger partial charge in [0.05, 0.1) is 17.3 Å². The van der Waals surface area contributed by atoms with E-state index in [1.165, 1.54) is 12.1 Å². The lowest BCUT2D eigenvalue weighted by molar-refractivity contribution is -0.114. The van der Waals surface area contributed by atoms with E-state index in [9.17, 15) is 9.18 Å². The van der Waals surface area contributed by atoms with Crippen LogP contribution in [0.5, 0.6) is 0 Å². The van der Waals surface area contributed by atoms with E-state index in [4.69, 9.17) is 11.6 Å². The van der Waals surface area contributed by atoms with Crippen LogP contribution in [-0.2, 0) is 4.79 Å². The zero-order valence-corrected chi connectivity index (χ0v) is 13.6. The number of nitrogens with one attached hydrogen (secondary N) is 2. The van der Waals surface area contributed by atoms with Crippen molar-refractivity contribution in [2.24, 2.45) is 0 Å². The molecule has 0 fully saturated rings. The number of hydrogen-bond acceptors (Lipinski definition) is 2. The van der Waals surface area contributed by atoms with Crippen molar-refractivity contribution < 1.29 is 9.18 Å². The Morgan fingerprint density at radius 3 is 2.71 bits per heavy atom. The highest BCUT2D eigenvalue weighted by molar-refractivity contribution is 9.10. The quantitative estimate of drug-likeness (QED) is 0.824. The van der Waals surface area contributed by atoms with Crippen molar-refractivity contribution in [3.63, 3.8) is 0 Å².